The first-order chi connectivity index (χ1) is 10.7. The molecule has 0 radical (unpaired) electrons. The molecule has 0 spiro atoms. The Hall–Kier alpha value is -1.57. The van der Waals surface area contributed by atoms with E-state index in [1.165, 1.54) is 12.1 Å². The maximum Gasteiger partial charge on any atom is 0.288 e. The molecule has 2 heterocycles. The normalized spacial score (nSPS) is 17.0. The number of piperazine rings is 1. The van der Waals surface area contributed by atoms with Crippen molar-refractivity contribution in [1.82, 2.24) is 19.6 Å². The molecule has 0 atom stereocenters. The minimum atomic E-state index is -0.282. The van der Waals surface area contributed by atoms with E-state index in [9.17, 15) is 4.39 Å². The molecule has 1 aromatic heterocycles. The van der Waals surface area contributed by atoms with Crippen LogP contribution in [0.5, 0.6) is 0 Å². The van der Waals surface area contributed by atoms with Crippen molar-refractivity contribution < 1.29 is 8.81 Å². The highest BCUT2D eigenvalue weighted by atomic mass is 32.1. The average Bonchev–Trinajstić information content (AvgIpc) is 2.90. The minimum absolute atomic E-state index is 0.282. The Balaban J connectivity index is 1.70. The average molecular weight is 322 g/mol. The van der Waals surface area contributed by atoms with Crippen LogP contribution in [0.4, 0.5) is 4.39 Å². The lowest BCUT2D eigenvalue weighted by Gasteiger charge is -2.33. The van der Waals surface area contributed by atoms with Crippen molar-refractivity contribution in [1.29, 1.82) is 0 Å². The Bertz CT molecular complexity index is 674. The molecule has 1 aromatic carbocycles. The smallest absolute Gasteiger partial charge is 0.288 e. The Morgan fingerprint density at radius 2 is 1.77 bits per heavy atom. The van der Waals surface area contributed by atoms with Crippen LogP contribution in [-0.4, -0.2) is 52.3 Å². The third-order valence-corrected chi connectivity index (χ3v) is 4.24. The van der Waals surface area contributed by atoms with Crippen LogP contribution in [0.25, 0.3) is 11.5 Å². The molecule has 0 N–H and O–H groups in total. The molecule has 118 valence electrons. The van der Waals surface area contributed by atoms with Gasteiger partial charge in [-0.3, -0.25) is 4.90 Å². The number of halogens is 1. The molecule has 7 heteroatoms. The van der Waals surface area contributed by atoms with E-state index >= 15 is 0 Å². The van der Waals surface area contributed by atoms with Gasteiger partial charge in [-0.15, -0.1) is 5.10 Å². The zero-order valence-electron chi connectivity index (χ0n) is 12.5. The maximum atomic E-state index is 13.0. The second-order valence-electron chi connectivity index (χ2n) is 5.37. The van der Waals surface area contributed by atoms with Crippen LogP contribution >= 0.6 is 12.2 Å². The summed E-state index contributed by atoms with van der Waals surface area (Å²) in [7, 11) is 0. The molecule has 0 unspecified atom stereocenters. The zero-order chi connectivity index (χ0) is 15.5. The molecule has 1 aliphatic heterocycles. The molecule has 5 nitrogen and oxygen atoms in total. The van der Waals surface area contributed by atoms with Gasteiger partial charge in [0.05, 0.1) is 6.67 Å². The number of rotatable bonds is 4. The summed E-state index contributed by atoms with van der Waals surface area (Å²) in [4.78, 5) is 5.07. The van der Waals surface area contributed by atoms with E-state index in [2.05, 4.69) is 21.8 Å². The number of hydrogen-bond acceptors (Lipinski definition) is 5. The zero-order valence-corrected chi connectivity index (χ0v) is 13.4. The largest absolute Gasteiger partial charge is 0.409 e. The summed E-state index contributed by atoms with van der Waals surface area (Å²) in [6.07, 6.45) is 0. The van der Waals surface area contributed by atoms with Gasteiger partial charge in [0.25, 0.3) is 4.84 Å². The summed E-state index contributed by atoms with van der Waals surface area (Å²) in [6, 6.07) is 6.05. The van der Waals surface area contributed by atoms with Crippen LogP contribution in [0.2, 0.25) is 0 Å². The van der Waals surface area contributed by atoms with Gasteiger partial charge in [0.15, 0.2) is 0 Å². The SMILES string of the molecule is CCN1CCN(Cn2nc(-c3ccc(F)cc3)oc2=S)CC1. The first-order valence-corrected chi connectivity index (χ1v) is 7.85. The Morgan fingerprint density at radius 3 is 2.41 bits per heavy atom. The van der Waals surface area contributed by atoms with E-state index in [1.807, 2.05) is 0 Å². The summed E-state index contributed by atoms with van der Waals surface area (Å²) in [5, 5.41) is 4.41. The van der Waals surface area contributed by atoms with Crippen molar-refractivity contribution in [3.05, 3.63) is 34.9 Å². The van der Waals surface area contributed by atoms with Gasteiger partial charge in [-0.1, -0.05) is 6.92 Å². The molecule has 3 rings (SSSR count). The third kappa shape index (κ3) is 3.43. The molecule has 0 amide bonds. The van der Waals surface area contributed by atoms with Crippen molar-refractivity contribution in [2.75, 3.05) is 32.7 Å². The predicted molar refractivity (Wildman–Crippen MR) is 84.4 cm³/mol. The second kappa shape index (κ2) is 6.68. The number of aromatic nitrogens is 2. The molecule has 2 aromatic rings. The second-order valence-corrected chi connectivity index (χ2v) is 5.72. The van der Waals surface area contributed by atoms with Crippen LogP contribution in [0.3, 0.4) is 0 Å². The standard InChI is InChI=1S/C15H19FN4OS/c1-2-18-7-9-19(10-8-18)11-20-15(22)21-14(17-20)12-3-5-13(16)6-4-12/h3-6H,2,7-11H2,1H3. The van der Waals surface area contributed by atoms with Crippen LogP contribution < -0.4 is 0 Å². The third-order valence-electron chi connectivity index (χ3n) is 3.94. The highest BCUT2D eigenvalue weighted by Crippen LogP contribution is 2.18. The molecule has 1 fully saturated rings. The molecule has 1 aliphatic rings. The number of nitrogens with zero attached hydrogens (tertiary/aromatic N) is 4. The van der Waals surface area contributed by atoms with Crippen molar-refractivity contribution in [2.45, 2.75) is 13.6 Å². The van der Waals surface area contributed by atoms with Gasteiger partial charge in [0.2, 0.25) is 5.89 Å². The van der Waals surface area contributed by atoms with Gasteiger partial charge >= 0.3 is 0 Å². The van der Waals surface area contributed by atoms with E-state index in [-0.39, 0.29) is 5.82 Å². The molecule has 0 bridgehead atoms. The van der Waals surface area contributed by atoms with Crippen molar-refractivity contribution >= 4 is 12.2 Å². The van der Waals surface area contributed by atoms with E-state index in [1.54, 1.807) is 16.8 Å². The van der Waals surface area contributed by atoms with Gasteiger partial charge in [-0.25, -0.2) is 9.07 Å². The lowest BCUT2D eigenvalue weighted by Crippen LogP contribution is -2.46. The fourth-order valence-electron chi connectivity index (χ4n) is 2.54. The summed E-state index contributed by atoms with van der Waals surface area (Å²) in [5.74, 6) is 0.146. The monoisotopic (exact) mass is 322 g/mol. The quantitative estimate of drug-likeness (QED) is 0.809. The van der Waals surface area contributed by atoms with Crippen molar-refractivity contribution in [3.8, 4) is 11.5 Å². The van der Waals surface area contributed by atoms with Crippen LogP contribution in [0.15, 0.2) is 28.7 Å². The van der Waals surface area contributed by atoms with E-state index < -0.39 is 0 Å². The molecule has 22 heavy (non-hydrogen) atoms. The van der Waals surface area contributed by atoms with E-state index in [4.69, 9.17) is 16.6 Å². The first kappa shape index (κ1) is 15.3. The highest BCUT2D eigenvalue weighted by molar-refractivity contribution is 7.71. The van der Waals surface area contributed by atoms with Crippen LogP contribution in [0.1, 0.15) is 6.92 Å². The van der Waals surface area contributed by atoms with Gasteiger partial charge in [-0.2, -0.15) is 0 Å². The maximum absolute atomic E-state index is 13.0. The van der Waals surface area contributed by atoms with Gasteiger partial charge in [0.1, 0.15) is 5.82 Å². The minimum Gasteiger partial charge on any atom is -0.409 e. The van der Waals surface area contributed by atoms with E-state index in [0.717, 1.165) is 38.3 Å². The predicted octanol–water partition coefficient (Wildman–Crippen LogP) is 2.61. The molecule has 1 saturated heterocycles. The summed E-state index contributed by atoms with van der Waals surface area (Å²) >= 11 is 5.24. The number of benzene rings is 1. The van der Waals surface area contributed by atoms with Crippen LogP contribution in [-0.2, 0) is 6.67 Å². The lowest BCUT2D eigenvalue weighted by atomic mass is 10.2. The van der Waals surface area contributed by atoms with Crippen molar-refractivity contribution in [2.24, 2.45) is 0 Å². The summed E-state index contributed by atoms with van der Waals surface area (Å²) in [5.41, 5.74) is 0.724. The molecular weight excluding hydrogens is 303 g/mol. The Morgan fingerprint density at radius 1 is 1.14 bits per heavy atom. The molecular formula is C15H19FN4OS. The summed E-state index contributed by atoms with van der Waals surface area (Å²) in [6.45, 7) is 8.01. The van der Waals surface area contributed by atoms with Crippen molar-refractivity contribution in [3.63, 3.8) is 0 Å². The summed E-state index contributed by atoms with van der Waals surface area (Å²) < 4.78 is 20.2. The van der Waals surface area contributed by atoms with E-state index in [0.29, 0.717) is 17.4 Å². The van der Waals surface area contributed by atoms with Crippen LogP contribution in [0, 0.1) is 10.7 Å². The van der Waals surface area contributed by atoms with Gasteiger partial charge < -0.3 is 9.32 Å². The number of likely N-dealkylation sites (N-methyl/N-ethyl adjacent to an activating group) is 1. The topological polar surface area (TPSA) is 37.4 Å². The lowest BCUT2D eigenvalue weighted by molar-refractivity contribution is 0.105. The Labute approximate surface area is 133 Å². The molecule has 0 aliphatic carbocycles. The van der Waals surface area contributed by atoms with Gasteiger partial charge in [-0.05, 0) is 43.0 Å². The number of hydrogen-bond donors (Lipinski definition) is 0. The highest BCUT2D eigenvalue weighted by Gasteiger charge is 2.17. The fourth-order valence-corrected chi connectivity index (χ4v) is 2.72. The fraction of sp³-hybridized carbons (Fsp3) is 0.467. The first-order valence-electron chi connectivity index (χ1n) is 7.44. The molecule has 0 saturated carbocycles. The van der Waals surface area contributed by atoms with Gasteiger partial charge in [0, 0.05) is 31.7 Å². The Kier molecular flexibility index (Phi) is 4.66.